The summed E-state index contributed by atoms with van der Waals surface area (Å²) in [4.78, 5) is 0. The number of hydrogen-bond acceptors (Lipinski definition) is 1. The largest absolute Gasteiger partial charge is 0.573 e. The summed E-state index contributed by atoms with van der Waals surface area (Å²) in [6.07, 6.45) is -9.54. The van der Waals surface area contributed by atoms with Crippen molar-refractivity contribution < 1.29 is 31.1 Å². The maximum atomic E-state index is 12.4. The zero-order valence-electron chi connectivity index (χ0n) is 7.99. The minimum atomic E-state index is -4.93. The van der Waals surface area contributed by atoms with Gasteiger partial charge >= 0.3 is 12.5 Å². The highest BCUT2D eigenvalue weighted by atomic mass is 79.9. The summed E-state index contributed by atoms with van der Waals surface area (Å²) < 4.78 is 76.4. The van der Waals surface area contributed by atoms with Crippen LogP contribution in [0.5, 0.6) is 5.75 Å². The molecule has 1 rings (SSSR count). The van der Waals surface area contributed by atoms with Crippen molar-refractivity contribution in [3.63, 3.8) is 0 Å². The topological polar surface area (TPSA) is 9.23 Å². The van der Waals surface area contributed by atoms with Crippen molar-refractivity contribution in [2.45, 2.75) is 17.9 Å². The zero-order valence-corrected chi connectivity index (χ0v) is 9.58. The summed E-state index contributed by atoms with van der Waals surface area (Å²) in [5.74, 6) is -0.681. The molecule has 1 aromatic rings. The summed E-state index contributed by atoms with van der Waals surface area (Å²) in [5, 5.41) is -0.225. The Labute approximate surface area is 101 Å². The number of alkyl halides is 7. The molecule has 0 aliphatic heterocycles. The number of rotatable bonds is 2. The van der Waals surface area contributed by atoms with Crippen molar-refractivity contribution in [1.29, 1.82) is 0 Å². The quantitative estimate of drug-likeness (QED) is 0.575. The Morgan fingerprint density at radius 3 is 2.06 bits per heavy atom. The van der Waals surface area contributed by atoms with Gasteiger partial charge in [0, 0.05) is 5.33 Å². The molecular formula is C9H5BrF6O. The predicted molar refractivity (Wildman–Crippen MR) is 50.8 cm³/mol. The minimum absolute atomic E-state index is 0.225. The molecule has 0 aliphatic carbocycles. The van der Waals surface area contributed by atoms with E-state index in [1.807, 2.05) is 0 Å². The lowest BCUT2D eigenvalue weighted by atomic mass is 10.1. The molecule has 0 amide bonds. The van der Waals surface area contributed by atoms with Crippen LogP contribution in [0, 0.1) is 0 Å². The van der Waals surface area contributed by atoms with E-state index in [-0.39, 0.29) is 10.9 Å². The van der Waals surface area contributed by atoms with E-state index in [2.05, 4.69) is 20.7 Å². The van der Waals surface area contributed by atoms with Gasteiger partial charge < -0.3 is 4.74 Å². The van der Waals surface area contributed by atoms with E-state index in [0.717, 1.165) is 0 Å². The SMILES string of the molecule is FC(F)(F)Oc1ccc(C(F)(F)F)c(CBr)c1. The summed E-state index contributed by atoms with van der Waals surface area (Å²) in [6, 6.07) is 1.88. The van der Waals surface area contributed by atoms with Crippen LogP contribution < -0.4 is 4.74 Å². The molecule has 0 heterocycles. The summed E-state index contributed by atoms with van der Waals surface area (Å²) >= 11 is 2.78. The van der Waals surface area contributed by atoms with Gasteiger partial charge in [-0.1, -0.05) is 15.9 Å². The fourth-order valence-corrected chi connectivity index (χ4v) is 1.62. The molecule has 0 N–H and O–H groups in total. The second-order valence-electron chi connectivity index (χ2n) is 3.00. The summed E-state index contributed by atoms with van der Waals surface area (Å²) in [6.45, 7) is 0. The molecule has 0 spiro atoms. The van der Waals surface area contributed by atoms with Crippen LogP contribution >= 0.6 is 15.9 Å². The fraction of sp³-hybridized carbons (Fsp3) is 0.333. The smallest absolute Gasteiger partial charge is 0.406 e. The molecule has 0 aliphatic rings. The van der Waals surface area contributed by atoms with Crippen LogP contribution in [0.15, 0.2) is 18.2 Å². The first kappa shape index (κ1) is 14.1. The molecule has 1 aromatic carbocycles. The highest BCUT2D eigenvalue weighted by molar-refractivity contribution is 9.08. The van der Waals surface area contributed by atoms with Crippen molar-refractivity contribution in [1.82, 2.24) is 0 Å². The highest BCUT2D eigenvalue weighted by Crippen LogP contribution is 2.35. The molecular weight excluding hydrogens is 318 g/mol. The van der Waals surface area contributed by atoms with Crippen LogP contribution in [0.4, 0.5) is 26.3 Å². The summed E-state index contributed by atoms with van der Waals surface area (Å²) in [7, 11) is 0. The maximum absolute atomic E-state index is 12.4. The van der Waals surface area contributed by atoms with Crippen molar-refractivity contribution in [2.75, 3.05) is 0 Å². The van der Waals surface area contributed by atoms with Crippen LogP contribution in [0.3, 0.4) is 0 Å². The molecule has 0 fully saturated rings. The Balaban J connectivity index is 3.09. The second kappa shape index (κ2) is 4.75. The van der Waals surface area contributed by atoms with Crippen molar-refractivity contribution >= 4 is 15.9 Å². The van der Waals surface area contributed by atoms with Crippen molar-refractivity contribution in [3.05, 3.63) is 29.3 Å². The van der Waals surface area contributed by atoms with E-state index in [1.165, 1.54) is 0 Å². The Kier molecular flexibility index (Phi) is 3.95. The Bertz CT molecular complexity index is 397. The highest BCUT2D eigenvalue weighted by Gasteiger charge is 2.35. The lowest BCUT2D eigenvalue weighted by Crippen LogP contribution is -2.17. The third kappa shape index (κ3) is 4.10. The molecule has 0 saturated carbocycles. The van der Waals surface area contributed by atoms with Gasteiger partial charge in [0.25, 0.3) is 0 Å². The van der Waals surface area contributed by atoms with Crippen molar-refractivity contribution in [2.24, 2.45) is 0 Å². The Morgan fingerprint density at radius 1 is 1.06 bits per heavy atom. The molecule has 1 nitrogen and oxygen atoms in total. The first-order valence-electron chi connectivity index (χ1n) is 4.15. The average molecular weight is 323 g/mol. The van der Waals surface area contributed by atoms with Gasteiger partial charge in [0.1, 0.15) is 5.75 Å². The number of benzene rings is 1. The normalized spacial score (nSPS) is 12.6. The first-order valence-corrected chi connectivity index (χ1v) is 5.27. The standard InChI is InChI=1S/C9H5BrF6O/c10-4-5-3-6(17-9(14,15)16)1-2-7(5)8(11,12)13/h1-3H,4H2. The van der Waals surface area contributed by atoms with Gasteiger partial charge in [-0.25, -0.2) is 0 Å². The average Bonchev–Trinajstić information content (AvgIpc) is 2.13. The molecule has 0 saturated heterocycles. The van der Waals surface area contributed by atoms with Gasteiger partial charge in [0.05, 0.1) is 5.56 Å². The number of ether oxygens (including phenoxy) is 1. The lowest BCUT2D eigenvalue weighted by Gasteiger charge is -2.14. The van der Waals surface area contributed by atoms with Gasteiger partial charge in [-0.05, 0) is 23.8 Å². The lowest BCUT2D eigenvalue weighted by molar-refractivity contribution is -0.274. The first-order chi connectivity index (χ1) is 7.63. The van der Waals surface area contributed by atoms with E-state index in [1.54, 1.807) is 0 Å². The van der Waals surface area contributed by atoms with E-state index >= 15 is 0 Å². The Hall–Kier alpha value is -0.920. The molecule has 0 aromatic heterocycles. The van der Waals surface area contributed by atoms with E-state index in [0.29, 0.717) is 18.2 Å². The van der Waals surface area contributed by atoms with Crippen LogP contribution in [0.1, 0.15) is 11.1 Å². The molecule has 0 bridgehead atoms. The van der Waals surface area contributed by atoms with E-state index in [4.69, 9.17) is 0 Å². The Morgan fingerprint density at radius 2 is 1.65 bits per heavy atom. The third-order valence-electron chi connectivity index (χ3n) is 1.76. The van der Waals surface area contributed by atoms with Crippen molar-refractivity contribution in [3.8, 4) is 5.75 Å². The van der Waals surface area contributed by atoms with E-state index < -0.39 is 23.9 Å². The van der Waals surface area contributed by atoms with Gasteiger partial charge in [-0.15, -0.1) is 13.2 Å². The van der Waals surface area contributed by atoms with Crippen LogP contribution in [0.25, 0.3) is 0 Å². The van der Waals surface area contributed by atoms with Crippen LogP contribution in [-0.2, 0) is 11.5 Å². The third-order valence-corrected chi connectivity index (χ3v) is 2.36. The molecule has 96 valence electrons. The number of hydrogen-bond donors (Lipinski definition) is 0. The minimum Gasteiger partial charge on any atom is -0.406 e. The molecule has 0 radical (unpaired) electrons. The molecule has 8 heteroatoms. The van der Waals surface area contributed by atoms with Gasteiger partial charge in [0.15, 0.2) is 0 Å². The number of halogens is 7. The summed E-state index contributed by atoms with van der Waals surface area (Å²) in [5.41, 5.74) is -1.32. The van der Waals surface area contributed by atoms with Gasteiger partial charge in [-0.3, -0.25) is 0 Å². The van der Waals surface area contributed by atoms with Crippen LogP contribution in [-0.4, -0.2) is 6.36 Å². The van der Waals surface area contributed by atoms with Crippen LogP contribution in [0.2, 0.25) is 0 Å². The van der Waals surface area contributed by atoms with E-state index in [9.17, 15) is 26.3 Å². The second-order valence-corrected chi connectivity index (χ2v) is 3.56. The molecule has 0 atom stereocenters. The monoisotopic (exact) mass is 322 g/mol. The fourth-order valence-electron chi connectivity index (χ4n) is 1.15. The van der Waals surface area contributed by atoms with Gasteiger partial charge in [0.2, 0.25) is 0 Å². The zero-order chi connectivity index (χ0) is 13.3. The molecule has 17 heavy (non-hydrogen) atoms. The predicted octanol–water partition coefficient (Wildman–Crippen LogP) is 4.50. The molecule has 0 unspecified atom stereocenters. The maximum Gasteiger partial charge on any atom is 0.573 e. The van der Waals surface area contributed by atoms with Gasteiger partial charge in [-0.2, -0.15) is 13.2 Å².